The van der Waals surface area contributed by atoms with Gasteiger partial charge in [0.05, 0.1) is 11.0 Å². The lowest BCUT2D eigenvalue weighted by Gasteiger charge is -2.07. The number of fused-ring (bicyclic) bond motifs is 1. The van der Waals surface area contributed by atoms with Gasteiger partial charge < -0.3 is 10.3 Å². The predicted molar refractivity (Wildman–Crippen MR) is 78.9 cm³/mol. The van der Waals surface area contributed by atoms with Crippen LogP contribution >= 0.6 is 0 Å². The molecule has 108 valence electrons. The highest BCUT2D eigenvalue weighted by atomic mass is 19.1. The van der Waals surface area contributed by atoms with Crippen molar-refractivity contribution in [1.29, 1.82) is 0 Å². The minimum absolute atomic E-state index is 0.252. The summed E-state index contributed by atoms with van der Waals surface area (Å²) in [5.74, 6) is -0.180. The predicted octanol–water partition coefficient (Wildman–Crippen LogP) is 3.45. The normalized spacial score (nSPS) is 11.2. The fraction of sp³-hybridized carbons (Fsp3) is 0.188. The monoisotopic (exact) mass is 287 g/mol. The Morgan fingerprint density at radius 1 is 1.14 bits per heavy atom. The lowest BCUT2D eigenvalue weighted by molar-refractivity contribution is 0.620. The standard InChI is InChI=1S/C16H15F2N3/c1-10-8-15-14(9-13(10)18)20-16(19)21(15)7-6-11-2-4-12(17)5-3-11/h2-5,8-9H,6-7H2,1H3,(H2,19,20). The van der Waals surface area contributed by atoms with Crippen molar-refractivity contribution in [1.82, 2.24) is 9.55 Å². The maximum atomic E-state index is 13.6. The lowest BCUT2D eigenvalue weighted by atomic mass is 10.1. The minimum Gasteiger partial charge on any atom is -0.369 e. The number of nitrogen functional groups attached to an aromatic ring is 1. The molecule has 5 heteroatoms. The summed E-state index contributed by atoms with van der Waals surface area (Å²) >= 11 is 0. The second-order valence-corrected chi connectivity index (χ2v) is 5.09. The minimum atomic E-state index is -0.286. The third-order valence-corrected chi connectivity index (χ3v) is 3.60. The summed E-state index contributed by atoms with van der Waals surface area (Å²) in [6, 6.07) is 9.51. The SMILES string of the molecule is Cc1cc2c(cc1F)nc(N)n2CCc1ccc(F)cc1. The summed E-state index contributed by atoms with van der Waals surface area (Å²) in [4.78, 5) is 4.18. The number of nitrogens with zero attached hydrogens (tertiary/aromatic N) is 2. The molecular formula is C16H15F2N3. The van der Waals surface area contributed by atoms with Gasteiger partial charge in [0.2, 0.25) is 5.95 Å². The number of aryl methyl sites for hydroxylation is 3. The fourth-order valence-electron chi connectivity index (χ4n) is 2.40. The van der Waals surface area contributed by atoms with Gasteiger partial charge in [0, 0.05) is 12.6 Å². The Hall–Kier alpha value is -2.43. The van der Waals surface area contributed by atoms with Crippen molar-refractivity contribution in [3.8, 4) is 0 Å². The number of hydrogen-bond donors (Lipinski definition) is 1. The third-order valence-electron chi connectivity index (χ3n) is 3.60. The molecule has 0 spiro atoms. The molecule has 0 amide bonds. The van der Waals surface area contributed by atoms with E-state index in [2.05, 4.69) is 4.98 Å². The Morgan fingerprint density at radius 3 is 2.57 bits per heavy atom. The van der Waals surface area contributed by atoms with Crippen molar-refractivity contribution in [2.75, 3.05) is 5.73 Å². The number of rotatable bonds is 3. The van der Waals surface area contributed by atoms with Gasteiger partial charge in [-0.05, 0) is 42.7 Å². The van der Waals surface area contributed by atoms with Crippen LogP contribution in [0, 0.1) is 18.6 Å². The zero-order chi connectivity index (χ0) is 15.0. The van der Waals surface area contributed by atoms with E-state index in [-0.39, 0.29) is 11.6 Å². The van der Waals surface area contributed by atoms with Crippen molar-refractivity contribution >= 4 is 17.0 Å². The van der Waals surface area contributed by atoms with Crippen LogP contribution in [0.2, 0.25) is 0 Å². The van der Waals surface area contributed by atoms with Crippen LogP contribution in [-0.4, -0.2) is 9.55 Å². The van der Waals surface area contributed by atoms with E-state index in [4.69, 9.17) is 5.73 Å². The molecule has 0 unspecified atom stereocenters. The molecule has 3 aromatic rings. The molecule has 0 saturated carbocycles. The number of aromatic nitrogens is 2. The summed E-state index contributed by atoms with van der Waals surface area (Å²) in [7, 11) is 0. The molecule has 0 radical (unpaired) electrons. The number of hydrogen-bond acceptors (Lipinski definition) is 2. The maximum absolute atomic E-state index is 13.6. The first-order chi connectivity index (χ1) is 10.0. The molecule has 2 aromatic carbocycles. The van der Waals surface area contributed by atoms with Crippen molar-refractivity contribution < 1.29 is 8.78 Å². The van der Waals surface area contributed by atoms with Gasteiger partial charge in [-0.1, -0.05) is 12.1 Å². The molecule has 0 saturated heterocycles. The van der Waals surface area contributed by atoms with Crippen LogP contribution in [0.1, 0.15) is 11.1 Å². The van der Waals surface area contributed by atoms with E-state index in [1.54, 1.807) is 25.1 Å². The highest BCUT2D eigenvalue weighted by Gasteiger charge is 2.11. The maximum Gasteiger partial charge on any atom is 0.201 e. The average Bonchev–Trinajstić information content (AvgIpc) is 2.74. The summed E-state index contributed by atoms with van der Waals surface area (Å²) < 4.78 is 28.3. The van der Waals surface area contributed by atoms with Gasteiger partial charge in [-0.15, -0.1) is 0 Å². The molecule has 0 aliphatic rings. The number of benzene rings is 2. The van der Waals surface area contributed by atoms with Crippen LogP contribution in [0.5, 0.6) is 0 Å². The molecule has 0 aliphatic carbocycles. The number of halogens is 2. The second kappa shape index (κ2) is 5.16. The summed E-state index contributed by atoms with van der Waals surface area (Å²) in [5, 5.41) is 0. The van der Waals surface area contributed by atoms with Crippen LogP contribution in [0.3, 0.4) is 0 Å². The van der Waals surface area contributed by atoms with Crippen molar-refractivity contribution in [3.63, 3.8) is 0 Å². The zero-order valence-corrected chi connectivity index (χ0v) is 11.6. The molecular weight excluding hydrogens is 272 g/mol. The van der Waals surface area contributed by atoms with Crippen molar-refractivity contribution in [3.05, 3.63) is 59.2 Å². The molecule has 3 nitrogen and oxygen atoms in total. The zero-order valence-electron chi connectivity index (χ0n) is 11.6. The van der Waals surface area contributed by atoms with Gasteiger partial charge in [0.15, 0.2) is 0 Å². The third kappa shape index (κ3) is 2.59. The van der Waals surface area contributed by atoms with Gasteiger partial charge in [-0.25, -0.2) is 13.8 Å². The number of anilines is 1. The molecule has 1 heterocycles. The van der Waals surface area contributed by atoms with E-state index in [9.17, 15) is 8.78 Å². The van der Waals surface area contributed by atoms with Crippen LogP contribution in [-0.2, 0) is 13.0 Å². The van der Waals surface area contributed by atoms with Crippen LogP contribution in [0.15, 0.2) is 36.4 Å². The van der Waals surface area contributed by atoms with Crippen LogP contribution < -0.4 is 5.73 Å². The summed E-state index contributed by atoms with van der Waals surface area (Å²) in [5.41, 5.74) is 8.85. The van der Waals surface area contributed by atoms with E-state index >= 15 is 0 Å². The molecule has 0 aliphatic heterocycles. The van der Waals surface area contributed by atoms with Gasteiger partial charge in [0.25, 0.3) is 0 Å². The molecule has 0 atom stereocenters. The van der Waals surface area contributed by atoms with Gasteiger partial charge in [0.1, 0.15) is 11.6 Å². The Labute approximate surface area is 121 Å². The number of imidazole rings is 1. The Morgan fingerprint density at radius 2 is 1.86 bits per heavy atom. The first kappa shape index (κ1) is 13.5. The van der Waals surface area contributed by atoms with Crippen molar-refractivity contribution in [2.24, 2.45) is 0 Å². The van der Waals surface area contributed by atoms with Gasteiger partial charge in [-0.3, -0.25) is 0 Å². The van der Waals surface area contributed by atoms with Gasteiger partial charge in [-0.2, -0.15) is 0 Å². The van der Waals surface area contributed by atoms with Crippen molar-refractivity contribution in [2.45, 2.75) is 19.9 Å². The van der Waals surface area contributed by atoms with E-state index in [1.807, 2.05) is 4.57 Å². The van der Waals surface area contributed by atoms with E-state index in [0.29, 0.717) is 30.0 Å². The highest BCUT2D eigenvalue weighted by Crippen LogP contribution is 2.22. The Bertz CT molecular complexity index is 791. The molecule has 2 N–H and O–H groups in total. The molecule has 0 bridgehead atoms. The average molecular weight is 287 g/mol. The first-order valence-electron chi connectivity index (χ1n) is 6.71. The quantitative estimate of drug-likeness (QED) is 0.802. The largest absolute Gasteiger partial charge is 0.369 e. The van der Waals surface area contributed by atoms with Crippen LogP contribution in [0.4, 0.5) is 14.7 Å². The second-order valence-electron chi connectivity index (χ2n) is 5.09. The fourth-order valence-corrected chi connectivity index (χ4v) is 2.40. The first-order valence-corrected chi connectivity index (χ1v) is 6.71. The highest BCUT2D eigenvalue weighted by molar-refractivity contribution is 5.79. The smallest absolute Gasteiger partial charge is 0.201 e. The summed E-state index contributed by atoms with van der Waals surface area (Å²) in [6.07, 6.45) is 0.701. The molecule has 21 heavy (non-hydrogen) atoms. The lowest BCUT2D eigenvalue weighted by Crippen LogP contribution is -2.05. The Balaban J connectivity index is 1.91. The van der Waals surface area contributed by atoms with E-state index in [1.165, 1.54) is 18.2 Å². The topological polar surface area (TPSA) is 43.8 Å². The molecule has 0 fully saturated rings. The van der Waals surface area contributed by atoms with E-state index < -0.39 is 0 Å². The van der Waals surface area contributed by atoms with Crippen LogP contribution in [0.25, 0.3) is 11.0 Å². The Kier molecular flexibility index (Phi) is 3.33. The molecule has 3 rings (SSSR count). The number of nitrogens with two attached hydrogens (primary N) is 1. The van der Waals surface area contributed by atoms with E-state index in [0.717, 1.165) is 11.1 Å². The van der Waals surface area contributed by atoms with Gasteiger partial charge >= 0.3 is 0 Å². The molecule has 1 aromatic heterocycles. The summed E-state index contributed by atoms with van der Waals surface area (Å²) in [6.45, 7) is 2.32.